The second kappa shape index (κ2) is 10.4. The van der Waals surface area contributed by atoms with E-state index in [1.807, 2.05) is 6.92 Å². The Bertz CT molecular complexity index is 1050. The minimum Gasteiger partial charge on any atom is -0.456 e. The first-order chi connectivity index (χ1) is 14.1. The van der Waals surface area contributed by atoms with E-state index in [2.05, 4.69) is 26.6 Å². The molecule has 160 valence electrons. The Morgan fingerprint density at radius 3 is 2.23 bits per heavy atom. The van der Waals surface area contributed by atoms with Crippen LogP contribution in [0.25, 0.3) is 0 Å². The SMILES string of the molecule is CC(=O)Nc1ccc(S(=O)(=O)CCC(=O)OCC(=O)Nc2ccc(Br)c(C)c2)cc1. The molecule has 0 atom stereocenters. The number of sulfone groups is 1. The summed E-state index contributed by atoms with van der Waals surface area (Å²) in [5.41, 5.74) is 1.95. The molecule has 0 radical (unpaired) electrons. The number of amides is 2. The zero-order valence-electron chi connectivity index (χ0n) is 16.4. The predicted octanol–water partition coefficient (Wildman–Crippen LogP) is 3.06. The van der Waals surface area contributed by atoms with Crippen LogP contribution in [-0.4, -0.2) is 38.6 Å². The van der Waals surface area contributed by atoms with Crippen LogP contribution < -0.4 is 10.6 Å². The normalized spacial score (nSPS) is 10.9. The molecule has 0 fully saturated rings. The number of hydrogen-bond donors (Lipinski definition) is 2. The molecule has 2 rings (SSSR count). The zero-order valence-corrected chi connectivity index (χ0v) is 18.8. The summed E-state index contributed by atoms with van der Waals surface area (Å²) < 4.78 is 30.4. The van der Waals surface area contributed by atoms with Gasteiger partial charge in [0.2, 0.25) is 5.91 Å². The van der Waals surface area contributed by atoms with Crippen LogP contribution in [0.1, 0.15) is 18.9 Å². The van der Waals surface area contributed by atoms with Crippen molar-refractivity contribution < 1.29 is 27.5 Å². The van der Waals surface area contributed by atoms with Gasteiger partial charge in [0, 0.05) is 22.8 Å². The molecule has 8 nitrogen and oxygen atoms in total. The van der Waals surface area contributed by atoms with Gasteiger partial charge in [0.05, 0.1) is 17.1 Å². The molecule has 0 heterocycles. The molecule has 0 saturated heterocycles. The molecule has 0 unspecified atom stereocenters. The summed E-state index contributed by atoms with van der Waals surface area (Å²) in [6, 6.07) is 10.8. The fourth-order valence-corrected chi connectivity index (χ4v) is 3.89. The summed E-state index contributed by atoms with van der Waals surface area (Å²) in [4.78, 5) is 34.8. The van der Waals surface area contributed by atoms with Crippen molar-refractivity contribution in [1.82, 2.24) is 0 Å². The van der Waals surface area contributed by atoms with Gasteiger partial charge < -0.3 is 15.4 Å². The van der Waals surface area contributed by atoms with E-state index >= 15 is 0 Å². The fourth-order valence-electron chi connectivity index (χ4n) is 2.42. The van der Waals surface area contributed by atoms with Crippen LogP contribution in [0.4, 0.5) is 11.4 Å². The third-order valence-corrected chi connectivity index (χ3v) is 6.54. The smallest absolute Gasteiger partial charge is 0.307 e. The van der Waals surface area contributed by atoms with Crippen molar-refractivity contribution in [2.24, 2.45) is 0 Å². The van der Waals surface area contributed by atoms with E-state index in [0.29, 0.717) is 11.4 Å². The molecule has 0 aliphatic rings. The molecule has 0 aromatic heterocycles. The van der Waals surface area contributed by atoms with Crippen molar-refractivity contribution >= 4 is 54.9 Å². The highest BCUT2D eigenvalue weighted by Gasteiger charge is 2.18. The van der Waals surface area contributed by atoms with E-state index in [-0.39, 0.29) is 17.2 Å². The van der Waals surface area contributed by atoms with E-state index in [0.717, 1.165) is 10.0 Å². The van der Waals surface area contributed by atoms with Crippen LogP contribution in [0, 0.1) is 6.92 Å². The Morgan fingerprint density at radius 1 is 1.00 bits per heavy atom. The molecule has 10 heteroatoms. The maximum Gasteiger partial charge on any atom is 0.307 e. The van der Waals surface area contributed by atoms with Crippen molar-refractivity contribution in [3.8, 4) is 0 Å². The summed E-state index contributed by atoms with van der Waals surface area (Å²) in [7, 11) is -3.72. The molecule has 0 bridgehead atoms. The number of carbonyl (C=O) groups excluding carboxylic acids is 3. The largest absolute Gasteiger partial charge is 0.456 e. The van der Waals surface area contributed by atoms with Gasteiger partial charge in [-0.3, -0.25) is 14.4 Å². The van der Waals surface area contributed by atoms with Gasteiger partial charge in [0.15, 0.2) is 16.4 Å². The van der Waals surface area contributed by atoms with Gasteiger partial charge in [-0.1, -0.05) is 15.9 Å². The summed E-state index contributed by atoms with van der Waals surface area (Å²) in [6.45, 7) is 2.70. The molecule has 2 aromatic rings. The second-order valence-electron chi connectivity index (χ2n) is 6.45. The van der Waals surface area contributed by atoms with Gasteiger partial charge in [0.1, 0.15) is 0 Å². The number of benzene rings is 2. The number of halogens is 1. The van der Waals surface area contributed by atoms with Crippen molar-refractivity contribution in [1.29, 1.82) is 0 Å². The lowest BCUT2D eigenvalue weighted by Crippen LogP contribution is -2.22. The quantitative estimate of drug-likeness (QED) is 0.542. The van der Waals surface area contributed by atoms with E-state index in [9.17, 15) is 22.8 Å². The van der Waals surface area contributed by atoms with Crippen LogP contribution in [-0.2, 0) is 29.0 Å². The highest BCUT2D eigenvalue weighted by molar-refractivity contribution is 9.10. The molecule has 0 spiro atoms. The highest BCUT2D eigenvalue weighted by Crippen LogP contribution is 2.20. The van der Waals surface area contributed by atoms with Gasteiger partial charge in [0.25, 0.3) is 5.91 Å². The Kier molecular flexibility index (Phi) is 8.13. The van der Waals surface area contributed by atoms with E-state index in [4.69, 9.17) is 4.74 Å². The van der Waals surface area contributed by atoms with Crippen LogP contribution in [0.15, 0.2) is 51.8 Å². The summed E-state index contributed by atoms with van der Waals surface area (Å²) in [6.07, 6.45) is -0.388. The lowest BCUT2D eigenvalue weighted by Gasteiger charge is -2.09. The number of hydrogen-bond acceptors (Lipinski definition) is 6. The maximum absolute atomic E-state index is 12.3. The number of anilines is 2. The summed E-state index contributed by atoms with van der Waals surface area (Å²) in [5.74, 6) is -2.05. The average Bonchev–Trinajstić information content (AvgIpc) is 2.68. The second-order valence-corrected chi connectivity index (χ2v) is 9.41. The average molecular weight is 497 g/mol. The number of esters is 1. The Labute approximate surface area is 183 Å². The van der Waals surface area contributed by atoms with Crippen molar-refractivity contribution in [2.75, 3.05) is 23.0 Å². The number of rotatable bonds is 8. The number of nitrogens with one attached hydrogen (secondary N) is 2. The van der Waals surface area contributed by atoms with Gasteiger partial charge in [-0.25, -0.2) is 8.42 Å². The van der Waals surface area contributed by atoms with Crippen LogP contribution in [0.5, 0.6) is 0 Å². The van der Waals surface area contributed by atoms with Crippen molar-refractivity contribution in [2.45, 2.75) is 25.2 Å². The van der Waals surface area contributed by atoms with E-state index < -0.39 is 34.1 Å². The topological polar surface area (TPSA) is 119 Å². The minimum atomic E-state index is -3.72. The summed E-state index contributed by atoms with van der Waals surface area (Å²) in [5, 5.41) is 5.13. The number of ether oxygens (including phenoxy) is 1. The Hall–Kier alpha value is -2.72. The molecular formula is C20H21BrN2O6S. The molecule has 2 N–H and O–H groups in total. The number of aryl methyl sites for hydroxylation is 1. The molecule has 0 aliphatic carbocycles. The summed E-state index contributed by atoms with van der Waals surface area (Å²) >= 11 is 3.36. The molecule has 0 aliphatic heterocycles. The molecular weight excluding hydrogens is 476 g/mol. The van der Waals surface area contributed by atoms with E-state index in [1.54, 1.807) is 18.2 Å². The molecule has 0 saturated carbocycles. The maximum atomic E-state index is 12.3. The Balaban J connectivity index is 1.82. The molecule has 2 aromatic carbocycles. The van der Waals surface area contributed by atoms with Crippen LogP contribution >= 0.6 is 15.9 Å². The third-order valence-electron chi connectivity index (χ3n) is 3.91. The predicted molar refractivity (Wildman–Crippen MR) is 116 cm³/mol. The van der Waals surface area contributed by atoms with Gasteiger partial charge in [-0.05, 0) is 55.0 Å². The van der Waals surface area contributed by atoms with Gasteiger partial charge in [-0.15, -0.1) is 0 Å². The third kappa shape index (κ3) is 7.27. The fraction of sp³-hybridized carbons (Fsp3) is 0.250. The zero-order chi connectivity index (χ0) is 22.3. The number of carbonyl (C=O) groups is 3. The lowest BCUT2D eigenvalue weighted by molar-refractivity contribution is -0.146. The van der Waals surface area contributed by atoms with E-state index in [1.165, 1.54) is 31.2 Å². The van der Waals surface area contributed by atoms with Gasteiger partial charge in [-0.2, -0.15) is 0 Å². The Morgan fingerprint density at radius 2 is 1.63 bits per heavy atom. The first kappa shape index (κ1) is 23.6. The minimum absolute atomic E-state index is 0.0211. The van der Waals surface area contributed by atoms with Gasteiger partial charge >= 0.3 is 5.97 Å². The first-order valence-corrected chi connectivity index (χ1v) is 11.3. The highest BCUT2D eigenvalue weighted by atomic mass is 79.9. The van der Waals surface area contributed by atoms with Crippen molar-refractivity contribution in [3.05, 3.63) is 52.5 Å². The lowest BCUT2D eigenvalue weighted by atomic mass is 10.2. The molecule has 2 amide bonds. The first-order valence-electron chi connectivity index (χ1n) is 8.89. The standard InChI is InChI=1S/C20H21BrN2O6S/c1-13-11-16(5-8-18(13)21)23-19(25)12-29-20(26)9-10-30(27,28)17-6-3-15(4-7-17)22-14(2)24/h3-8,11H,9-10,12H2,1-2H3,(H,22,24)(H,23,25). The van der Waals surface area contributed by atoms with Crippen molar-refractivity contribution in [3.63, 3.8) is 0 Å². The van der Waals surface area contributed by atoms with Crippen LogP contribution in [0.2, 0.25) is 0 Å². The molecule has 30 heavy (non-hydrogen) atoms. The monoisotopic (exact) mass is 496 g/mol. The van der Waals surface area contributed by atoms with Crippen LogP contribution in [0.3, 0.4) is 0 Å².